The van der Waals surface area contributed by atoms with E-state index in [4.69, 9.17) is 5.11 Å². The first-order chi connectivity index (χ1) is 8.54. The third kappa shape index (κ3) is 2.15. The average Bonchev–Trinajstić information content (AvgIpc) is 2.68. The minimum absolute atomic E-state index is 0.104. The second-order valence-corrected chi connectivity index (χ2v) is 4.92. The van der Waals surface area contributed by atoms with Gasteiger partial charge in [0.15, 0.2) is 0 Å². The Kier molecular flexibility index (Phi) is 3.45. The number of fused-ring (bicyclic) bond motifs is 1. The number of carbonyl (C=O) groups is 1. The van der Waals surface area contributed by atoms with Gasteiger partial charge < -0.3 is 15.1 Å². The van der Waals surface area contributed by atoms with E-state index in [-0.39, 0.29) is 17.6 Å². The molecule has 1 aromatic carbocycles. The molecule has 98 valence electrons. The van der Waals surface area contributed by atoms with Crippen LogP contribution in [-0.4, -0.2) is 29.3 Å². The van der Waals surface area contributed by atoms with E-state index >= 15 is 0 Å². The summed E-state index contributed by atoms with van der Waals surface area (Å²) in [6, 6.07) is 5.50. The van der Waals surface area contributed by atoms with Gasteiger partial charge in [-0.1, -0.05) is 13.0 Å². The van der Waals surface area contributed by atoms with Crippen LogP contribution in [0.4, 0.5) is 5.69 Å². The van der Waals surface area contributed by atoms with Crippen molar-refractivity contribution in [1.29, 1.82) is 0 Å². The lowest BCUT2D eigenvalue weighted by molar-refractivity contribution is -0.141. The van der Waals surface area contributed by atoms with Crippen molar-refractivity contribution in [3.05, 3.63) is 23.8 Å². The summed E-state index contributed by atoms with van der Waals surface area (Å²) >= 11 is 0. The minimum atomic E-state index is -0.776. The fourth-order valence-corrected chi connectivity index (χ4v) is 2.71. The van der Waals surface area contributed by atoms with E-state index in [0.29, 0.717) is 6.42 Å². The zero-order chi connectivity index (χ0) is 13.3. The molecule has 0 saturated carbocycles. The third-order valence-corrected chi connectivity index (χ3v) is 3.69. The highest BCUT2D eigenvalue weighted by molar-refractivity contribution is 5.70. The number of hydrogen-bond donors (Lipinski definition) is 2. The van der Waals surface area contributed by atoms with Crippen molar-refractivity contribution >= 4 is 11.7 Å². The van der Waals surface area contributed by atoms with Crippen LogP contribution in [0, 0.1) is 5.92 Å². The molecular formula is C14H19NO3. The molecule has 2 atom stereocenters. The van der Waals surface area contributed by atoms with Crippen molar-refractivity contribution in [2.75, 3.05) is 18.0 Å². The fraction of sp³-hybridized carbons (Fsp3) is 0.500. The Morgan fingerprint density at radius 2 is 2.28 bits per heavy atom. The largest absolute Gasteiger partial charge is 0.508 e. The molecule has 18 heavy (non-hydrogen) atoms. The Balaban J connectivity index is 2.29. The van der Waals surface area contributed by atoms with Gasteiger partial charge in [-0.2, -0.15) is 0 Å². The molecule has 2 rings (SSSR count). The van der Waals surface area contributed by atoms with Gasteiger partial charge in [0, 0.05) is 30.3 Å². The number of benzene rings is 1. The SMILES string of the molecule is CCN1CC(CC(C)C(=O)O)c2c(O)cccc21. The topological polar surface area (TPSA) is 60.8 Å². The van der Waals surface area contributed by atoms with E-state index in [1.165, 1.54) is 0 Å². The molecule has 4 heteroatoms. The molecule has 0 fully saturated rings. The standard InChI is InChI=1S/C14H19NO3/c1-3-15-8-10(7-9(2)14(17)18)13-11(15)5-4-6-12(13)16/h4-6,9-10,16H,3,7-8H2,1-2H3,(H,17,18). The first kappa shape index (κ1) is 12.7. The normalized spacial score (nSPS) is 19.7. The highest BCUT2D eigenvalue weighted by Gasteiger charge is 2.32. The van der Waals surface area contributed by atoms with E-state index in [1.807, 2.05) is 12.1 Å². The first-order valence-corrected chi connectivity index (χ1v) is 6.34. The van der Waals surface area contributed by atoms with Crippen LogP contribution in [-0.2, 0) is 4.79 Å². The molecule has 4 nitrogen and oxygen atoms in total. The molecule has 2 N–H and O–H groups in total. The second kappa shape index (κ2) is 4.88. The number of anilines is 1. The van der Waals surface area contributed by atoms with Crippen LogP contribution in [0.1, 0.15) is 31.7 Å². The summed E-state index contributed by atoms with van der Waals surface area (Å²) in [5.74, 6) is -0.778. The van der Waals surface area contributed by atoms with Crippen molar-refractivity contribution in [2.45, 2.75) is 26.2 Å². The van der Waals surface area contributed by atoms with Gasteiger partial charge in [-0.3, -0.25) is 4.79 Å². The number of carboxylic acids is 1. The van der Waals surface area contributed by atoms with E-state index in [9.17, 15) is 9.90 Å². The molecule has 0 aliphatic carbocycles. The maximum atomic E-state index is 11.0. The van der Waals surface area contributed by atoms with Gasteiger partial charge >= 0.3 is 5.97 Å². The van der Waals surface area contributed by atoms with Crippen LogP contribution in [0.15, 0.2) is 18.2 Å². The van der Waals surface area contributed by atoms with Gasteiger partial charge in [0.25, 0.3) is 0 Å². The van der Waals surface area contributed by atoms with Gasteiger partial charge in [0.1, 0.15) is 5.75 Å². The van der Waals surface area contributed by atoms with Crippen molar-refractivity contribution in [3.63, 3.8) is 0 Å². The summed E-state index contributed by atoms with van der Waals surface area (Å²) in [5, 5.41) is 19.0. The number of nitrogens with zero attached hydrogens (tertiary/aromatic N) is 1. The van der Waals surface area contributed by atoms with Crippen LogP contribution < -0.4 is 4.90 Å². The van der Waals surface area contributed by atoms with E-state index in [2.05, 4.69) is 11.8 Å². The van der Waals surface area contributed by atoms with Gasteiger partial charge in [0.2, 0.25) is 0 Å². The number of aromatic hydroxyl groups is 1. The van der Waals surface area contributed by atoms with Crippen molar-refractivity contribution in [3.8, 4) is 5.75 Å². The Bertz CT molecular complexity index is 458. The Labute approximate surface area is 107 Å². The van der Waals surface area contributed by atoms with Gasteiger partial charge in [-0.25, -0.2) is 0 Å². The molecule has 0 amide bonds. The molecule has 1 aromatic rings. The molecule has 1 aliphatic heterocycles. The number of rotatable bonds is 4. The highest BCUT2D eigenvalue weighted by atomic mass is 16.4. The summed E-state index contributed by atoms with van der Waals surface area (Å²) in [4.78, 5) is 13.1. The van der Waals surface area contributed by atoms with Crippen LogP contribution >= 0.6 is 0 Å². The van der Waals surface area contributed by atoms with E-state index in [0.717, 1.165) is 24.3 Å². The monoisotopic (exact) mass is 249 g/mol. The highest BCUT2D eigenvalue weighted by Crippen LogP contribution is 2.44. The van der Waals surface area contributed by atoms with Crippen LogP contribution in [0.2, 0.25) is 0 Å². The molecule has 0 spiro atoms. The number of hydrogen-bond acceptors (Lipinski definition) is 3. The first-order valence-electron chi connectivity index (χ1n) is 6.34. The smallest absolute Gasteiger partial charge is 0.306 e. The van der Waals surface area contributed by atoms with Crippen molar-refractivity contribution in [2.24, 2.45) is 5.92 Å². The lowest BCUT2D eigenvalue weighted by atomic mass is 9.90. The summed E-state index contributed by atoms with van der Waals surface area (Å²) < 4.78 is 0. The molecule has 0 saturated heterocycles. The van der Waals surface area contributed by atoms with Crippen molar-refractivity contribution < 1.29 is 15.0 Å². The quantitative estimate of drug-likeness (QED) is 0.860. The molecule has 2 unspecified atom stereocenters. The van der Waals surface area contributed by atoms with E-state index < -0.39 is 5.97 Å². The van der Waals surface area contributed by atoms with Gasteiger partial charge in [-0.15, -0.1) is 0 Å². The third-order valence-electron chi connectivity index (χ3n) is 3.69. The second-order valence-electron chi connectivity index (χ2n) is 4.92. The maximum absolute atomic E-state index is 11.0. The maximum Gasteiger partial charge on any atom is 0.306 e. The lowest BCUT2D eigenvalue weighted by Crippen LogP contribution is -2.22. The predicted molar refractivity (Wildman–Crippen MR) is 70.2 cm³/mol. The van der Waals surface area contributed by atoms with Crippen LogP contribution in [0.25, 0.3) is 0 Å². The lowest BCUT2D eigenvalue weighted by Gasteiger charge is -2.17. The van der Waals surface area contributed by atoms with Crippen molar-refractivity contribution in [1.82, 2.24) is 0 Å². The van der Waals surface area contributed by atoms with E-state index in [1.54, 1.807) is 13.0 Å². The van der Waals surface area contributed by atoms with Crippen LogP contribution in [0.5, 0.6) is 5.75 Å². The fourth-order valence-electron chi connectivity index (χ4n) is 2.71. The zero-order valence-electron chi connectivity index (χ0n) is 10.8. The summed E-state index contributed by atoms with van der Waals surface area (Å²) in [6.45, 7) is 5.45. The van der Waals surface area contributed by atoms with Gasteiger partial charge in [-0.05, 0) is 25.5 Å². The molecule has 0 bridgehead atoms. The van der Waals surface area contributed by atoms with Gasteiger partial charge in [0.05, 0.1) is 5.92 Å². The predicted octanol–water partition coefficient (Wildman–Crippen LogP) is 2.43. The summed E-state index contributed by atoms with van der Waals surface area (Å²) in [5.41, 5.74) is 1.95. The van der Waals surface area contributed by atoms with Crippen LogP contribution in [0.3, 0.4) is 0 Å². The number of likely N-dealkylation sites (N-methyl/N-ethyl adjacent to an activating group) is 1. The average molecular weight is 249 g/mol. The number of phenols is 1. The zero-order valence-corrected chi connectivity index (χ0v) is 10.8. The Morgan fingerprint density at radius 1 is 1.56 bits per heavy atom. The molecule has 1 aliphatic rings. The Hall–Kier alpha value is -1.71. The number of phenolic OH excluding ortho intramolecular Hbond substituents is 1. The molecular weight excluding hydrogens is 230 g/mol. The summed E-state index contributed by atoms with van der Waals surface area (Å²) in [6.07, 6.45) is 0.566. The summed E-state index contributed by atoms with van der Waals surface area (Å²) in [7, 11) is 0. The molecule has 0 aromatic heterocycles. The number of aliphatic carboxylic acids is 1. The molecule has 0 radical (unpaired) electrons. The number of carboxylic acid groups (broad SMARTS) is 1. The minimum Gasteiger partial charge on any atom is -0.508 e. The molecule has 1 heterocycles. The Morgan fingerprint density at radius 3 is 2.89 bits per heavy atom.